The number of esters is 1. The molecule has 0 bridgehead atoms. The van der Waals surface area contributed by atoms with Crippen molar-refractivity contribution in [1.82, 2.24) is 0 Å². The molecule has 0 aromatic heterocycles. The number of carbonyl (C=O) groups excluding carboxylic acids is 1. The molecule has 1 aromatic rings. The lowest BCUT2D eigenvalue weighted by Gasteiger charge is -2.08. The molecule has 0 fully saturated rings. The molecule has 0 amide bonds. The van der Waals surface area contributed by atoms with Gasteiger partial charge in [0.2, 0.25) is 0 Å². The van der Waals surface area contributed by atoms with Crippen molar-refractivity contribution in [2.45, 2.75) is 129 Å². The van der Waals surface area contributed by atoms with Crippen LogP contribution in [0.3, 0.4) is 0 Å². The maximum absolute atomic E-state index is 11.5. The summed E-state index contributed by atoms with van der Waals surface area (Å²) in [5, 5.41) is 3.49. The fourth-order valence-corrected chi connectivity index (χ4v) is 4.20. The van der Waals surface area contributed by atoms with Gasteiger partial charge in [-0.25, -0.2) is 0 Å². The summed E-state index contributed by atoms with van der Waals surface area (Å²) in [6.07, 6.45) is 24.3. The second-order valence-corrected chi connectivity index (χ2v) is 9.26. The third-order valence-electron chi connectivity index (χ3n) is 6.22. The van der Waals surface area contributed by atoms with Crippen molar-refractivity contribution in [3.8, 4) is 0 Å². The van der Waals surface area contributed by atoms with E-state index >= 15 is 0 Å². The second kappa shape index (κ2) is 21.3. The Hall–Kier alpha value is -1.51. The molecule has 1 aromatic carbocycles. The molecule has 3 nitrogen and oxygen atoms in total. The maximum Gasteiger partial charge on any atom is 0.310 e. The van der Waals surface area contributed by atoms with E-state index in [0.29, 0.717) is 13.0 Å². The summed E-state index contributed by atoms with van der Waals surface area (Å²) >= 11 is 0. The zero-order valence-electron chi connectivity index (χ0n) is 21.3. The van der Waals surface area contributed by atoms with E-state index in [1.54, 1.807) is 0 Å². The molecule has 1 N–H and O–H groups in total. The summed E-state index contributed by atoms with van der Waals surface area (Å²) in [4.78, 5) is 11.5. The lowest BCUT2D eigenvalue weighted by molar-refractivity contribution is -0.142. The van der Waals surface area contributed by atoms with Gasteiger partial charge in [-0.3, -0.25) is 4.79 Å². The van der Waals surface area contributed by atoms with E-state index in [2.05, 4.69) is 24.4 Å². The van der Waals surface area contributed by atoms with Gasteiger partial charge < -0.3 is 10.1 Å². The summed E-state index contributed by atoms with van der Waals surface area (Å²) in [5.41, 5.74) is 2.14. The predicted molar refractivity (Wildman–Crippen MR) is 139 cm³/mol. The topological polar surface area (TPSA) is 38.3 Å². The molecule has 0 atom stereocenters. The Labute approximate surface area is 199 Å². The highest BCUT2D eigenvalue weighted by Gasteiger charge is 2.03. The van der Waals surface area contributed by atoms with E-state index in [1.165, 1.54) is 109 Å². The first kappa shape index (κ1) is 28.5. The van der Waals surface area contributed by atoms with E-state index in [-0.39, 0.29) is 5.97 Å². The second-order valence-electron chi connectivity index (χ2n) is 9.26. The number of carbonyl (C=O) groups is 1. The quantitative estimate of drug-likeness (QED) is 0.143. The van der Waals surface area contributed by atoms with Crippen molar-refractivity contribution in [2.75, 3.05) is 18.5 Å². The fourth-order valence-electron chi connectivity index (χ4n) is 4.20. The Morgan fingerprint density at radius 1 is 0.656 bits per heavy atom. The van der Waals surface area contributed by atoms with Gasteiger partial charge in [0.15, 0.2) is 0 Å². The standard InChI is InChI=1S/C29H51NO2/c1-3-5-6-7-8-9-10-11-12-13-14-15-16-17-18-19-20-25-30-28-23-21-27(22-24-28)26-29(31)32-4-2/h21-24,30H,3-20,25-26H2,1-2H3. The molecule has 0 radical (unpaired) electrons. The average molecular weight is 446 g/mol. The number of benzene rings is 1. The molecule has 0 saturated carbocycles. The minimum absolute atomic E-state index is 0.156. The molecule has 3 heteroatoms. The molecular weight excluding hydrogens is 394 g/mol. The van der Waals surface area contributed by atoms with E-state index in [4.69, 9.17) is 4.74 Å². The Morgan fingerprint density at radius 3 is 1.53 bits per heavy atom. The molecule has 0 saturated heterocycles. The molecule has 0 aliphatic heterocycles. The largest absolute Gasteiger partial charge is 0.466 e. The molecule has 0 heterocycles. The number of rotatable bonds is 22. The van der Waals surface area contributed by atoms with Gasteiger partial charge >= 0.3 is 5.97 Å². The van der Waals surface area contributed by atoms with E-state index in [1.807, 2.05) is 19.1 Å². The molecule has 184 valence electrons. The third kappa shape index (κ3) is 17.1. The summed E-state index contributed by atoms with van der Waals surface area (Å²) in [6.45, 7) is 5.59. The van der Waals surface area contributed by atoms with Crippen LogP contribution in [0, 0.1) is 0 Å². The van der Waals surface area contributed by atoms with E-state index in [9.17, 15) is 4.79 Å². The smallest absolute Gasteiger partial charge is 0.310 e. The van der Waals surface area contributed by atoms with E-state index in [0.717, 1.165) is 17.8 Å². The predicted octanol–water partition coefficient (Wildman–Crippen LogP) is 8.86. The number of nitrogens with one attached hydrogen (secondary N) is 1. The SMILES string of the molecule is CCCCCCCCCCCCCCCCCCCNc1ccc(CC(=O)OCC)cc1. The molecule has 0 unspecified atom stereocenters. The first-order chi connectivity index (χ1) is 15.8. The van der Waals surface area contributed by atoms with Crippen molar-refractivity contribution in [3.05, 3.63) is 29.8 Å². The third-order valence-corrected chi connectivity index (χ3v) is 6.22. The van der Waals surface area contributed by atoms with Gasteiger partial charge in [-0.05, 0) is 31.0 Å². The summed E-state index contributed by atoms with van der Waals surface area (Å²) < 4.78 is 4.99. The summed E-state index contributed by atoms with van der Waals surface area (Å²) in [5.74, 6) is -0.156. The zero-order valence-corrected chi connectivity index (χ0v) is 21.3. The van der Waals surface area contributed by atoms with Crippen LogP contribution in [-0.4, -0.2) is 19.1 Å². The van der Waals surface area contributed by atoms with Crippen LogP contribution in [0.25, 0.3) is 0 Å². The normalized spacial score (nSPS) is 10.9. The van der Waals surface area contributed by atoms with Crippen LogP contribution in [0.2, 0.25) is 0 Å². The number of hydrogen-bond acceptors (Lipinski definition) is 3. The minimum Gasteiger partial charge on any atom is -0.466 e. The fraction of sp³-hybridized carbons (Fsp3) is 0.759. The molecule has 32 heavy (non-hydrogen) atoms. The van der Waals surface area contributed by atoms with Gasteiger partial charge in [-0.1, -0.05) is 122 Å². The van der Waals surface area contributed by atoms with Gasteiger partial charge in [0.1, 0.15) is 0 Å². The van der Waals surface area contributed by atoms with Crippen molar-refractivity contribution in [2.24, 2.45) is 0 Å². The summed E-state index contributed by atoms with van der Waals surface area (Å²) in [7, 11) is 0. The minimum atomic E-state index is -0.156. The molecular formula is C29H51NO2. The monoisotopic (exact) mass is 445 g/mol. The van der Waals surface area contributed by atoms with Crippen LogP contribution in [0.4, 0.5) is 5.69 Å². The van der Waals surface area contributed by atoms with E-state index < -0.39 is 0 Å². The number of anilines is 1. The lowest BCUT2D eigenvalue weighted by atomic mass is 10.0. The van der Waals surface area contributed by atoms with Crippen LogP contribution in [0.5, 0.6) is 0 Å². The maximum atomic E-state index is 11.5. The first-order valence-corrected chi connectivity index (χ1v) is 13.7. The molecule has 1 rings (SSSR count). The Balaban J connectivity index is 1.83. The Morgan fingerprint density at radius 2 is 1.09 bits per heavy atom. The number of hydrogen-bond donors (Lipinski definition) is 1. The van der Waals surface area contributed by atoms with Crippen molar-refractivity contribution in [3.63, 3.8) is 0 Å². The highest BCUT2D eigenvalue weighted by atomic mass is 16.5. The van der Waals surface area contributed by atoms with Crippen LogP contribution >= 0.6 is 0 Å². The summed E-state index contributed by atoms with van der Waals surface area (Å²) in [6, 6.07) is 8.13. The van der Waals surface area contributed by atoms with Crippen molar-refractivity contribution >= 4 is 11.7 Å². The number of unbranched alkanes of at least 4 members (excludes halogenated alkanes) is 16. The van der Waals surface area contributed by atoms with Crippen LogP contribution in [0.1, 0.15) is 129 Å². The Bertz CT molecular complexity index is 541. The van der Waals surface area contributed by atoms with Gasteiger partial charge in [0.05, 0.1) is 13.0 Å². The first-order valence-electron chi connectivity index (χ1n) is 13.7. The van der Waals surface area contributed by atoms with Crippen molar-refractivity contribution < 1.29 is 9.53 Å². The molecule has 0 aliphatic carbocycles. The Kier molecular flexibility index (Phi) is 19.0. The van der Waals surface area contributed by atoms with Gasteiger partial charge in [-0.2, -0.15) is 0 Å². The number of ether oxygens (including phenoxy) is 1. The van der Waals surface area contributed by atoms with Crippen LogP contribution < -0.4 is 5.32 Å². The van der Waals surface area contributed by atoms with Gasteiger partial charge in [0.25, 0.3) is 0 Å². The molecule has 0 aliphatic rings. The van der Waals surface area contributed by atoms with Crippen LogP contribution in [0.15, 0.2) is 24.3 Å². The zero-order chi connectivity index (χ0) is 23.1. The van der Waals surface area contributed by atoms with Gasteiger partial charge in [0, 0.05) is 12.2 Å². The highest BCUT2D eigenvalue weighted by Crippen LogP contribution is 2.15. The van der Waals surface area contributed by atoms with Crippen LogP contribution in [-0.2, 0) is 16.0 Å². The average Bonchev–Trinajstić information content (AvgIpc) is 2.79. The van der Waals surface area contributed by atoms with Crippen molar-refractivity contribution in [1.29, 1.82) is 0 Å². The molecule has 0 spiro atoms. The highest BCUT2D eigenvalue weighted by molar-refractivity contribution is 5.72. The lowest BCUT2D eigenvalue weighted by Crippen LogP contribution is -2.07. The van der Waals surface area contributed by atoms with Gasteiger partial charge in [-0.15, -0.1) is 0 Å².